The van der Waals surface area contributed by atoms with E-state index in [0.29, 0.717) is 9.97 Å². The molecule has 0 fully saturated rings. The molecule has 0 radical (unpaired) electrons. The number of fused-ring (bicyclic) bond motifs is 1. The second kappa shape index (κ2) is 5.01. The number of hydrogen-bond donors (Lipinski definition) is 1. The van der Waals surface area contributed by atoms with Crippen LogP contribution in [-0.2, 0) is 0 Å². The number of benzene rings is 1. The van der Waals surface area contributed by atoms with Crippen molar-refractivity contribution in [2.75, 3.05) is 5.32 Å². The minimum absolute atomic E-state index is 0.206. The van der Waals surface area contributed by atoms with Crippen LogP contribution in [0.15, 0.2) is 30.3 Å². The molecule has 1 amide bonds. The van der Waals surface area contributed by atoms with Gasteiger partial charge in [-0.3, -0.25) is 4.79 Å². The summed E-state index contributed by atoms with van der Waals surface area (Å²) in [6.45, 7) is 4.03. The van der Waals surface area contributed by atoms with Gasteiger partial charge in [-0.1, -0.05) is 43.4 Å². The van der Waals surface area contributed by atoms with E-state index in [4.69, 9.17) is 0 Å². The van der Waals surface area contributed by atoms with E-state index in [-0.39, 0.29) is 11.8 Å². The zero-order valence-corrected chi connectivity index (χ0v) is 11.9. The third kappa shape index (κ3) is 2.27. The van der Waals surface area contributed by atoms with Gasteiger partial charge in [0, 0.05) is 11.6 Å². The van der Waals surface area contributed by atoms with E-state index in [0.717, 1.165) is 11.5 Å². The van der Waals surface area contributed by atoms with E-state index >= 15 is 0 Å². The molecule has 3 aromatic rings. The maximum absolute atomic E-state index is 12.1. The van der Waals surface area contributed by atoms with E-state index in [1.54, 1.807) is 4.52 Å². The number of rotatable bonds is 3. The lowest BCUT2D eigenvalue weighted by Gasteiger charge is -2.01. The maximum atomic E-state index is 12.1. The van der Waals surface area contributed by atoms with Crippen LogP contribution in [0.3, 0.4) is 0 Å². The van der Waals surface area contributed by atoms with Crippen molar-refractivity contribution in [2.24, 2.45) is 0 Å². The fourth-order valence-corrected chi connectivity index (χ4v) is 2.53. The van der Waals surface area contributed by atoms with Crippen LogP contribution >= 0.6 is 11.3 Å². The van der Waals surface area contributed by atoms with Crippen LogP contribution in [0.4, 0.5) is 5.69 Å². The highest BCUT2D eigenvalue weighted by molar-refractivity contribution is 7.18. The molecule has 0 aliphatic heterocycles. The molecule has 2 aromatic heterocycles. The number of para-hydroxylation sites is 1. The molecule has 20 heavy (non-hydrogen) atoms. The lowest BCUT2D eigenvalue weighted by Crippen LogP contribution is -2.12. The molecule has 1 aromatic carbocycles. The van der Waals surface area contributed by atoms with Gasteiger partial charge >= 0.3 is 0 Å². The predicted octanol–water partition coefficient (Wildman–Crippen LogP) is 2.56. The molecule has 102 valence electrons. The first-order valence-corrected chi connectivity index (χ1v) is 7.05. The second-order valence-corrected chi connectivity index (χ2v) is 5.59. The Morgan fingerprint density at radius 3 is 2.70 bits per heavy atom. The lowest BCUT2D eigenvalue weighted by atomic mass is 10.2. The Labute approximate surface area is 119 Å². The van der Waals surface area contributed by atoms with Gasteiger partial charge < -0.3 is 5.32 Å². The molecule has 0 unspecified atom stereocenters. The van der Waals surface area contributed by atoms with E-state index in [1.807, 2.05) is 44.2 Å². The number of carbonyl (C=O) groups excluding carboxylic acids is 1. The fourth-order valence-electron chi connectivity index (χ4n) is 1.79. The monoisotopic (exact) mass is 287 g/mol. The average molecular weight is 287 g/mol. The normalized spacial score (nSPS) is 11.2. The van der Waals surface area contributed by atoms with Crippen molar-refractivity contribution in [3.63, 3.8) is 0 Å². The third-order valence-electron chi connectivity index (χ3n) is 2.76. The van der Waals surface area contributed by atoms with Gasteiger partial charge in [0.05, 0.1) is 0 Å². The molecule has 0 bridgehead atoms. The molecule has 0 saturated carbocycles. The minimum atomic E-state index is -0.235. The first kappa shape index (κ1) is 12.7. The summed E-state index contributed by atoms with van der Waals surface area (Å²) in [6.07, 6.45) is 0. The van der Waals surface area contributed by atoms with Crippen molar-refractivity contribution in [3.05, 3.63) is 41.2 Å². The highest BCUT2D eigenvalue weighted by atomic mass is 32.1. The van der Waals surface area contributed by atoms with Crippen molar-refractivity contribution in [1.29, 1.82) is 0 Å². The summed E-state index contributed by atoms with van der Waals surface area (Å²) in [5.74, 6) is 0.730. The summed E-state index contributed by atoms with van der Waals surface area (Å²) in [7, 11) is 0. The van der Waals surface area contributed by atoms with Gasteiger partial charge in [0.2, 0.25) is 9.97 Å². The number of aromatic nitrogens is 4. The Morgan fingerprint density at radius 1 is 1.25 bits per heavy atom. The molecule has 0 atom stereocenters. The van der Waals surface area contributed by atoms with Crippen LogP contribution in [0, 0.1) is 0 Å². The SMILES string of the molecule is CC(C)c1nnc2sc(C(=O)Nc3ccccc3)nn12. The lowest BCUT2D eigenvalue weighted by molar-refractivity contribution is 0.102. The Bertz CT molecular complexity index is 747. The average Bonchev–Trinajstić information content (AvgIpc) is 2.98. The van der Waals surface area contributed by atoms with Crippen molar-refractivity contribution in [1.82, 2.24) is 19.8 Å². The van der Waals surface area contributed by atoms with E-state index in [1.165, 1.54) is 11.3 Å². The Kier molecular flexibility index (Phi) is 3.19. The molecule has 2 heterocycles. The van der Waals surface area contributed by atoms with Crippen LogP contribution in [0.25, 0.3) is 4.96 Å². The third-order valence-corrected chi connectivity index (χ3v) is 3.65. The Hall–Kier alpha value is -2.28. The highest BCUT2D eigenvalue weighted by Crippen LogP contribution is 2.19. The van der Waals surface area contributed by atoms with Crippen LogP contribution in [0.2, 0.25) is 0 Å². The molecule has 0 aliphatic rings. The summed E-state index contributed by atoms with van der Waals surface area (Å²) in [6, 6.07) is 9.29. The summed E-state index contributed by atoms with van der Waals surface area (Å²) < 4.78 is 1.63. The molecule has 0 saturated heterocycles. The summed E-state index contributed by atoms with van der Waals surface area (Å²) in [4.78, 5) is 12.8. The number of anilines is 1. The van der Waals surface area contributed by atoms with Crippen molar-refractivity contribution in [3.8, 4) is 0 Å². The van der Waals surface area contributed by atoms with Crippen LogP contribution in [-0.4, -0.2) is 25.7 Å². The van der Waals surface area contributed by atoms with E-state index in [9.17, 15) is 4.79 Å². The number of hydrogen-bond acceptors (Lipinski definition) is 5. The number of carbonyl (C=O) groups is 1. The van der Waals surface area contributed by atoms with Gasteiger partial charge in [-0.15, -0.1) is 15.3 Å². The molecule has 7 heteroatoms. The van der Waals surface area contributed by atoms with Gasteiger partial charge in [0.1, 0.15) is 0 Å². The van der Waals surface area contributed by atoms with Gasteiger partial charge in [-0.25, -0.2) is 0 Å². The summed E-state index contributed by atoms with van der Waals surface area (Å²) in [5, 5.41) is 15.6. The molecule has 6 nitrogen and oxygen atoms in total. The molecule has 3 rings (SSSR count). The fraction of sp³-hybridized carbons (Fsp3) is 0.231. The van der Waals surface area contributed by atoms with Crippen LogP contribution in [0.5, 0.6) is 0 Å². The van der Waals surface area contributed by atoms with Crippen molar-refractivity contribution < 1.29 is 4.79 Å². The zero-order chi connectivity index (χ0) is 14.1. The molecular weight excluding hydrogens is 274 g/mol. The van der Waals surface area contributed by atoms with Gasteiger partial charge in [-0.05, 0) is 12.1 Å². The largest absolute Gasteiger partial charge is 0.320 e. The van der Waals surface area contributed by atoms with E-state index in [2.05, 4.69) is 20.6 Å². The van der Waals surface area contributed by atoms with Gasteiger partial charge in [0.15, 0.2) is 5.82 Å². The molecule has 0 aliphatic carbocycles. The Balaban J connectivity index is 1.89. The zero-order valence-electron chi connectivity index (χ0n) is 11.1. The predicted molar refractivity (Wildman–Crippen MR) is 77.1 cm³/mol. The number of nitrogens with zero attached hydrogens (tertiary/aromatic N) is 4. The van der Waals surface area contributed by atoms with Crippen molar-refractivity contribution in [2.45, 2.75) is 19.8 Å². The first-order valence-electron chi connectivity index (χ1n) is 6.23. The Morgan fingerprint density at radius 2 is 2.00 bits per heavy atom. The smallest absolute Gasteiger partial charge is 0.286 e. The minimum Gasteiger partial charge on any atom is -0.320 e. The van der Waals surface area contributed by atoms with Crippen LogP contribution in [0.1, 0.15) is 35.4 Å². The highest BCUT2D eigenvalue weighted by Gasteiger charge is 2.18. The molecule has 1 N–H and O–H groups in total. The number of amides is 1. The topological polar surface area (TPSA) is 72.2 Å². The van der Waals surface area contributed by atoms with Crippen molar-refractivity contribution >= 4 is 27.9 Å². The first-order chi connectivity index (χ1) is 9.65. The molecular formula is C13H13N5OS. The molecule has 0 spiro atoms. The summed E-state index contributed by atoms with van der Waals surface area (Å²) >= 11 is 1.23. The van der Waals surface area contributed by atoms with Crippen LogP contribution < -0.4 is 5.32 Å². The second-order valence-electron chi connectivity index (χ2n) is 4.63. The van der Waals surface area contributed by atoms with Gasteiger partial charge in [-0.2, -0.15) is 4.52 Å². The summed E-state index contributed by atoms with van der Waals surface area (Å²) in [5.41, 5.74) is 0.743. The maximum Gasteiger partial charge on any atom is 0.286 e. The quantitative estimate of drug-likeness (QED) is 0.803. The standard InChI is InChI=1S/C13H13N5OS/c1-8(2)10-15-16-13-18(10)17-12(20-13)11(19)14-9-6-4-3-5-7-9/h3-8H,1-2H3,(H,14,19). The number of nitrogens with one attached hydrogen (secondary N) is 1. The van der Waals surface area contributed by atoms with E-state index < -0.39 is 0 Å². The van der Waals surface area contributed by atoms with Gasteiger partial charge in [0.25, 0.3) is 5.91 Å².